The summed E-state index contributed by atoms with van der Waals surface area (Å²) in [6.45, 7) is 4.47. The first-order valence-corrected chi connectivity index (χ1v) is 8.74. The zero-order chi connectivity index (χ0) is 15.4. The minimum atomic E-state index is -0.0147. The van der Waals surface area contributed by atoms with Gasteiger partial charge in [0.2, 0.25) is 0 Å². The van der Waals surface area contributed by atoms with Gasteiger partial charge >= 0.3 is 0 Å². The predicted molar refractivity (Wildman–Crippen MR) is 89.2 cm³/mol. The van der Waals surface area contributed by atoms with Crippen LogP contribution in [0, 0.1) is 5.92 Å². The van der Waals surface area contributed by atoms with Crippen LogP contribution in [0.25, 0.3) is 0 Å². The summed E-state index contributed by atoms with van der Waals surface area (Å²) in [5, 5.41) is 3.15. The van der Waals surface area contributed by atoms with Gasteiger partial charge in [-0.2, -0.15) is 0 Å². The molecule has 0 unspecified atom stereocenters. The van der Waals surface area contributed by atoms with Crippen molar-refractivity contribution in [3.8, 4) is 0 Å². The summed E-state index contributed by atoms with van der Waals surface area (Å²) in [4.78, 5) is 19.1. The van der Waals surface area contributed by atoms with E-state index in [0.29, 0.717) is 11.7 Å². The van der Waals surface area contributed by atoms with Gasteiger partial charge in [-0.25, -0.2) is 0 Å². The second-order valence-corrected chi connectivity index (χ2v) is 6.88. The van der Waals surface area contributed by atoms with E-state index in [1.807, 2.05) is 12.1 Å². The van der Waals surface area contributed by atoms with Crippen LogP contribution in [0.2, 0.25) is 0 Å². The average Bonchev–Trinajstić information content (AvgIpc) is 2.56. The van der Waals surface area contributed by atoms with E-state index >= 15 is 0 Å². The fraction of sp³-hybridized carbons (Fsp3) is 0.667. The topological polar surface area (TPSA) is 45.2 Å². The Morgan fingerprint density at radius 2 is 1.91 bits per heavy atom. The Labute approximate surface area is 133 Å². The zero-order valence-electron chi connectivity index (χ0n) is 13.6. The van der Waals surface area contributed by atoms with Crippen molar-refractivity contribution < 1.29 is 4.79 Å². The average molecular weight is 301 g/mol. The minimum absolute atomic E-state index is 0.0147. The third kappa shape index (κ3) is 3.79. The molecule has 1 aliphatic carbocycles. The molecule has 1 aliphatic heterocycles. The van der Waals surface area contributed by atoms with Crippen LogP contribution in [-0.4, -0.2) is 30.0 Å². The Bertz CT molecular complexity index is 503. The molecule has 120 valence electrons. The molecule has 0 bridgehead atoms. The smallest absolute Gasteiger partial charge is 0.270 e. The van der Waals surface area contributed by atoms with Crippen molar-refractivity contribution in [3.63, 3.8) is 0 Å². The molecule has 22 heavy (non-hydrogen) atoms. The number of anilines is 1. The number of amides is 1. The molecule has 2 fully saturated rings. The normalized spacial score (nSPS) is 20.9. The van der Waals surface area contributed by atoms with Crippen LogP contribution in [-0.2, 0) is 0 Å². The fourth-order valence-corrected chi connectivity index (χ4v) is 3.51. The van der Waals surface area contributed by atoms with E-state index < -0.39 is 0 Å². The highest BCUT2D eigenvalue weighted by atomic mass is 16.1. The number of hydrogen-bond acceptors (Lipinski definition) is 3. The molecular weight excluding hydrogens is 274 g/mol. The van der Waals surface area contributed by atoms with Crippen LogP contribution in [0.4, 0.5) is 5.69 Å². The number of nitrogens with one attached hydrogen (secondary N) is 1. The summed E-state index contributed by atoms with van der Waals surface area (Å²) in [5.41, 5.74) is 1.69. The highest BCUT2D eigenvalue weighted by Crippen LogP contribution is 2.23. The number of carbonyl (C=O) groups is 1. The van der Waals surface area contributed by atoms with Gasteiger partial charge in [0.25, 0.3) is 5.91 Å². The lowest BCUT2D eigenvalue weighted by molar-refractivity contribution is 0.0922. The lowest BCUT2D eigenvalue weighted by Gasteiger charge is -2.32. The number of hydrogen-bond donors (Lipinski definition) is 1. The van der Waals surface area contributed by atoms with E-state index in [2.05, 4.69) is 22.1 Å². The number of rotatable bonds is 3. The maximum absolute atomic E-state index is 12.4. The molecule has 1 amide bonds. The first kappa shape index (κ1) is 15.3. The van der Waals surface area contributed by atoms with Crippen LogP contribution in [0.1, 0.15) is 62.4 Å². The summed E-state index contributed by atoms with van der Waals surface area (Å²) >= 11 is 0. The van der Waals surface area contributed by atoms with Gasteiger partial charge in [0.15, 0.2) is 0 Å². The van der Waals surface area contributed by atoms with Gasteiger partial charge in [-0.1, -0.05) is 26.2 Å². The quantitative estimate of drug-likeness (QED) is 0.931. The highest BCUT2D eigenvalue weighted by molar-refractivity contribution is 5.93. The second kappa shape index (κ2) is 7.12. The van der Waals surface area contributed by atoms with E-state index in [1.54, 1.807) is 6.20 Å². The van der Waals surface area contributed by atoms with Crippen molar-refractivity contribution in [1.29, 1.82) is 0 Å². The molecule has 1 N–H and O–H groups in total. The Morgan fingerprint density at radius 3 is 2.64 bits per heavy atom. The van der Waals surface area contributed by atoms with Crippen LogP contribution < -0.4 is 10.2 Å². The Morgan fingerprint density at radius 1 is 1.18 bits per heavy atom. The first-order valence-electron chi connectivity index (χ1n) is 8.74. The molecule has 3 rings (SSSR count). The van der Waals surface area contributed by atoms with Gasteiger partial charge in [-0.05, 0) is 43.7 Å². The molecule has 4 heteroatoms. The van der Waals surface area contributed by atoms with E-state index in [1.165, 1.54) is 32.1 Å². The molecule has 0 atom stereocenters. The largest absolute Gasteiger partial charge is 0.371 e. The van der Waals surface area contributed by atoms with Crippen LogP contribution >= 0.6 is 0 Å². The van der Waals surface area contributed by atoms with Crippen molar-refractivity contribution in [2.24, 2.45) is 5.92 Å². The number of aromatic nitrogens is 1. The number of carbonyl (C=O) groups excluding carboxylic acids is 1. The molecule has 1 saturated heterocycles. The third-order valence-corrected chi connectivity index (χ3v) is 5.07. The minimum Gasteiger partial charge on any atom is -0.371 e. The van der Waals surface area contributed by atoms with Crippen molar-refractivity contribution in [2.45, 2.75) is 57.9 Å². The van der Waals surface area contributed by atoms with E-state index in [0.717, 1.165) is 37.5 Å². The van der Waals surface area contributed by atoms with Crippen LogP contribution in [0.15, 0.2) is 18.3 Å². The third-order valence-electron chi connectivity index (χ3n) is 5.07. The van der Waals surface area contributed by atoms with Gasteiger partial charge in [-0.15, -0.1) is 0 Å². The molecule has 0 aromatic carbocycles. The van der Waals surface area contributed by atoms with Crippen molar-refractivity contribution in [1.82, 2.24) is 10.3 Å². The summed E-state index contributed by atoms with van der Waals surface area (Å²) < 4.78 is 0. The number of pyridine rings is 1. The molecule has 0 spiro atoms. The fourth-order valence-electron chi connectivity index (χ4n) is 3.51. The van der Waals surface area contributed by atoms with Gasteiger partial charge < -0.3 is 10.2 Å². The second-order valence-electron chi connectivity index (χ2n) is 6.88. The Hall–Kier alpha value is -1.58. The molecule has 1 aromatic heterocycles. The summed E-state index contributed by atoms with van der Waals surface area (Å²) in [6.07, 6.45) is 10.2. The molecule has 2 heterocycles. The standard InChI is InChI=1S/C18H27N3O/c1-14-8-11-21(12-9-14)16-7-10-19-17(13-16)18(22)20-15-5-3-2-4-6-15/h7,10,13-15H,2-6,8-9,11-12H2,1H3,(H,20,22). The summed E-state index contributed by atoms with van der Waals surface area (Å²) in [6, 6.07) is 4.31. The van der Waals surface area contributed by atoms with E-state index in [-0.39, 0.29) is 5.91 Å². The van der Waals surface area contributed by atoms with Gasteiger partial charge in [-0.3, -0.25) is 9.78 Å². The van der Waals surface area contributed by atoms with Gasteiger partial charge in [0.05, 0.1) is 0 Å². The number of nitrogens with zero attached hydrogens (tertiary/aromatic N) is 2. The SMILES string of the molecule is CC1CCN(c2ccnc(C(=O)NC3CCCCC3)c2)CC1. The van der Waals surface area contributed by atoms with Crippen LogP contribution in [0.5, 0.6) is 0 Å². The molecule has 1 aromatic rings. The summed E-state index contributed by atoms with van der Waals surface area (Å²) in [7, 11) is 0. The lowest BCUT2D eigenvalue weighted by atomic mass is 9.95. The highest BCUT2D eigenvalue weighted by Gasteiger charge is 2.20. The van der Waals surface area contributed by atoms with Gasteiger partial charge in [0.1, 0.15) is 5.69 Å². The van der Waals surface area contributed by atoms with Crippen LogP contribution in [0.3, 0.4) is 0 Å². The summed E-state index contributed by atoms with van der Waals surface area (Å²) in [5.74, 6) is 0.797. The van der Waals surface area contributed by atoms with Crippen molar-refractivity contribution >= 4 is 11.6 Å². The zero-order valence-corrected chi connectivity index (χ0v) is 13.6. The lowest BCUT2D eigenvalue weighted by Crippen LogP contribution is -2.37. The van der Waals surface area contributed by atoms with Crippen molar-refractivity contribution in [2.75, 3.05) is 18.0 Å². The molecule has 0 radical (unpaired) electrons. The maximum Gasteiger partial charge on any atom is 0.270 e. The first-order chi connectivity index (χ1) is 10.7. The van der Waals surface area contributed by atoms with E-state index in [9.17, 15) is 4.79 Å². The molecule has 1 saturated carbocycles. The monoisotopic (exact) mass is 301 g/mol. The van der Waals surface area contributed by atoms with Gasteiger partial charge in [0, 0.05) is 31.0 Å². The Balaban J connectivity index is 1.63. The molecule has 2 aliphatic rings. The Kier molecular flexibility index (Phi) is 4.96. The number of piperidine rings is 1. The molecular formula is C18H27N3O. The maximum atomic E-state index is 12.4. The van der Waals surface area contributed by atoms with Crippen molar-refractivity contribution in [3.05, 3.63) is 24.0 Å². The van der Waals surface area contributed by atoms with E-state index in [4.69, 9.17) is 0 Å². The predicted octanol–water partition coefficient (Wildman–Crippen LogP) is 3.38. The molecule has 4 nitrogen and oxygen atoms in total.